The molecule has 0 aliphatic rings. The first-order valence-corrected chi connectivity index (χ1v) is 8.90. The summed E-state index contributed by atoms with van der Waals surface area (Å²) in [6, 6.07) is 22.6. The molecule has 0 amide bonds. The Bertz CT molecular complexity index is 812. The molecule has 26 heavy (non-hydrogen) atoms. The normalized spacial score (nSPS) is 10.2. The van der Waals surface area contributed by atoms with E-state index in [0.717, 1.165) is 26.9 Å². The standard InChI is InChI=1S/C21H19BrFNO.ClH/c22-19-8-11-21(25-15-17-4-2-1-3-5-17)18(12-19)14-24-13-16-6-9-20(23)10-7-16;/h1-12,24H,13-15H2;1H. The fourth-order valence-corrected chi connectivity index (χ4v) is 2.91. The van der Waals surface area contributed by atoms with E-state index in [1.54, 1.807) is 12.1 Å². The smallest absolute Gasteiger partial charge is 0.124 e. The fraction of sp³-hybridized carbons (Fsp3) is 0.143. The molecule has 3 rings (SSSR count). The molecule has 136 valence electrons. The highest BCUT2D eigenvalue weighted by Crippen LogP contribution is 2.24. The van der Waals surface area contributed by atoms with Crippen LogP contribution >= 0.6 is 28.3 Å². The quantitative estimate of drug-likeness (QED) is 0.499. The van der Waals surface area contributed by atoms with Crippen LogP contribution in [-0.4, -0.2) is 0 Å². The van der Waals surface area contributed by atoms with Crippen LogP contribution in [0, 0.1) is 5.82 Å². The van der Waals surface area contributed by atoms with Crippen molar-refractivity contribution < 1.29 is 9.13 Å². The molecule has 3 aromatic rings. The molecule has 0 heterocycles. The van der Waals surface area contributed by atoms with Crippen LogP contribution < -0.4 is 10.1 Å². The van der Waals surface area contributed by atoms with Crippen molar-refractivity contribution in [1.82, 2.24) is 5.32 Å². The van der Waals surface area contributed by atoms with Crippen LogP contribution in [-0.2, 0) is 19.7 Å². The van der Waals surface area contributed by atoms with Crippen molar-refractivity contribution >= 4 is 28.3 Å². The SMILES string of the molecule is Cl.Fc1ccc(CNCc2cc(Br)ccc2OCc2ccccc2)cc1. The Hall–Kier alpha value is -1.88. The summed E-state index contributed by atoms with van der Waals surface area (Å²) in [6.07, 6.45) is 0. The highest BCUT2D eigenvalue weighted by Gasteiger charge is 2.06. The van der Waals surface area contributed by atoms with Gasteiger partial charge >= 0.3 is 0 Å². The van der Waals surface area contributed by atoms with Gasteiger partial charge in [-0.15, -0.1) is 12.4 Å². The first kappa shape index (κ1) is 20.4. The van der Waals surface area contributed by atoms with Gasteiger partial charge in [0, 0.05) is 23.1 Å². The monoisotopic (exact) mass is 435 g/mol. The van der Waals surface area contributed by atoms with Gasteiger partial charge in [0.25, 0.3) is 0 Å². The second-order valence-electron chi connectivity index (χ2n) is 5.76. The maximum Gasteiger partial charge on any atom is 0.124 e. The predicted molar refractivity (Wildman–Crippen MR) is 109 cm³/mol. The molecule has 0 bridgehead atoms. The molecule has 0 atom stereocenters. The van der Waals surface area contributed by atoms with Gasteiger partial charge in [0.05, 0.1) is 0 Å². The van der Waals surface area contributed by atoms with Crippen molar-refractivity contribution in [3.05, 3.63) is 99.8 Å². The van der Waals surface area contributed by atoms with Gasteiger partial charge in [-0.2, -0.15) is 0 Å². The molecule has 2 nitrogen and oxygen atoms in total. The fourth-order valence-electron chi connectivity index (χ4n) is 2.51. The van der Waals surface area contributed by atoms with Gasteiger partial charge in [-0.1, -0.05) is 58.4 Å². The van der Waals surface area contributed by atoms with Gasteiger partial charge in [0.1, 0.15) is 18.2 Å². The Morgan fingerprint density at radius 3 is 2.31 bits per heavy atom. The summed E-state index contributed by atoms with van der Waals surface area (Å²) in [6.45, 7) is 1.87. The molecule has 3 aromatic carbocycles. The molecule has 0 radical (unpaired) electrons. The third-order valence-electron chi connectivity index (χ3n) is 3.82. The lowest BCUT2D eigenvalue weighted by atomic mass is 10.1. The molecule has 5 heteroatoms. The Balaban J connectivity index is 0.00000243. The highest BCUT2D eigenvalue weighted by molar-refractivity contribution is 9.10. The molecule has 0 fully saturated rings. The molecule has 0 unspecified atom stereocenters. The second-order valence-corrected chi connectivity index (χ2v) is 6.67. The van der Waals surface area contributed by atoms with Crippen LogP contribution in [0.5, 0.6) is 5.75 Å². The topological polar surface area (TPSA) is 21.3 Å². The van der Waals surface area contributed by atoms with Crippen LogP contribution in [0.2, 0.25) is 0 Å². The Kier molecular flexibility index (Phi) is 8.10. The largest absolute Gasteiger partial charge is 0.489 e. The lowest BCUT2D eigenvalue weighted by molar-refractivity contribution is 0.302. The third kappa shape index (κ3) is 6.13. The predicted octanol–water partition coefficient (Wildman–Crippen LogP) is 5.88. The first-order chi connectivity index (χ1) is 12.2. The van der Waals surface area contributed by atoms with E-state index < -0.39 is 0 Å². The minimum absolute atomic E-state index is 0. The number of hydrogen-bond donors (Lipinski definition) is 1. The maximum absolute atomic E-state index is 13.0. The number of hydrogen-bond acceptors (Lipinski definition) is 2. The molecule has 0 spiro atoms. The number of halogens is 3. The van der Waals surface area contributed by atoms with E-state index >= 15 is 0 Å². The van der Waals surface area contributed by atoms with Crippen LogP contribution in [0.4, 0.5) is 4.39 Å². The lowest BCUT2D eigenvalue weighted by Gasteiger charge is -2.13. The maximum atomic E-state index is 13.0. The second kappa shape index (κ2) is 10.3. The zero-order valence-corrected chi connectivity index (χ0v) is 16.5. The molecule has 0 aliphatic heterocycles. The molecular weight excluding hydrogens is 417 g/mol. The number of ether oxygens (including phenoxy) is 1. The van der Waals surface area contributed by atoms with E-state index in [2.05, 4.69) is 27.3 Å². The van der Waals surface area contributed by atoms with Crippen molar-refractivity contribution in [2.24, 2.45) is 0 Å². The molecule has 1 N–H and O–H groups in total. The molecular formula is C21H20BrClFNO. The lowest BCUT2D eigenvalue weighted by Crippen LogP contribution is -2.13. The van der Waals surface area contributed by atoms with E-state index in [0.29, 0.717) is 19.7 Å². The van der Waals surface area contributed by atoms with Crippen molar-refractivity contribution in [1.29, 1.82) is 0 Å². The summed E-state index contributed by atoms with van der Waals surface area (Å²) in [5.74, 6) is 0.644. The average molecular weight is 437 g/mol. The van der Waals surface area contributed by atoms with Crippen LogP contribution in [0.1, 0.15) is 16.7 Å². The summed E-state index contributed by atoms with van der Waals surface area (Å²) in [5, 5.41) is 3.38. The highest BCUT2D eigenvalue weighted by atomic mass is 79.9. The van der Waals surface area contributed by atoms with Crippen molar-refractivity contribution in [3.63, 3.8) is 0 Å². The molecule has 0 aliphatic carbocycles. The minimum atomic E-state index is -0.215. The van der Waals surface area contributed by atoms with Crippen LogP contribution in [0.25, 0.3) is 0 Å². The van der Waals surface area contributed by atoms with Gasteiger partial charge in [-0.3, -0.25) is 0 Å². The van der Waals surface area contributed by atoms with Gasteiger partial charge in [0.15, 0.2) is 0 Å². The first-order valence-electron chi connectivity index (χ1n) is 8.11. The van der Waals surface area contributed by atoms with E-state index in [-0.39, 0.29) is 18.2 Å². The molecule has 0 saturated carbocycles. The Labute approximate surface area is 167 Å². The number of rotatable bonds is 7. The Morgan fingerprint density at radius 2 is 1.58 bits per heavy atom. The minimum Gasteiger partial charge on any atom is -0.489 e. The molecule has 0 saturated heterocycles. The zero-order valence-electron chi connectivity index (χ0n) is 14.1. The zero-order chi connectivity index (χ0) is 17.5. The van der Waals surface area contributed by atoms with E-state index in [1.165, 1.54) is 12.1 Å². The van der Waals surface area contributed by atoms with Gasteiger partial charge < -0.3 is 10.1 Å². The van der Waals surface area contributed by atoms with E-state index in [4.69, 9.17) is 4.74 Å². The number of nitrogens with one attached hydrogen (secondary N) is 1. The van der Waals surface area contributed by atoms with E-state index in [9.17, 15) is 4.39 Å². The molecule has 0 aromatic heterocycles. The van der Waals surface area contributed by atoms with Gasteiger partial charge in [-0.25, -0.2) is 4.39 Å². The summed E-state index contributed by atoms with van der Waals surface area (Å²) in [5.41, 5.74) is 3.26. The van der Waals surface area contributed by atoms with Gasteiger partial charge in [-0.05, 0) is 41.5 Å². The number of benzene rings is 3. The van der Waals surface area contributed by atoms with Crippen LogP contribution in [0.15, 0.2) is 77.3 Å². The summed E-state index contributed by atoms with van der Waals surface area (Å²) >= 11 is 3.51. The summed E-state index contributed by atoms with van der Waals surface area (Å²) in [7, 11) is 0. The van der Waals surface area contributed by atoms with Crippen LogP contribution in [0.3, 0.4) is 0 Å². The van der Waals surface area contributed by atoms with Crippen molar-refractivity contribution in [2.45, 2.75) is 19.7 Å². The van der Waals surface area contributed by atoms with Gasteiger partial charge in [0.2, 0.25) is 0 Å². The van der Waals surface area contributed by atoms with Crippen molar-refractivity contribution in [2.75, 3.05) is 0 Å². The summed E-state index contributed by atoms with van der Waals surface area (Å²) < 4.78 is 20.0. The third-order valence-corrected chi connectivity index (χ3v) is 4.31. The summed E-state index contributed by atoms with van der Waals surface area (Å²) in [4.78, 5) is 0. The average Bonchev–Trinajstić information content (AvgIpc) is 2.63. The van der Waals surface area contributed by atoms with Crippen molar-refractivity contribution in [3.8, 4) is 5.75 Å². The Morgan fingerprint density at radius 1 is 0.846 bits per heavy atom. The van der Waals surface area contributed by atoms with E-state index in [1.807, 2.05) is 42.5 Å².